The number of non-ortho nitro benzene ring substituents is 1. The van der Waals surface area contributed by atoms with E-state index >= 15 is 0 Å². The van der Waals surface area contributed by atoms with Gasteiger partial charge in [-0.1, -0.05) is 60.3 Å². The van der Waals surface area contributed by atoms with Crippen LogP contribution in [0.1, 0.15) is 34.7 Å². The molecule has 0 saturated heterocycles. The number of nitrogens with one attached hydrogen (secondary N) is 1. The third-order valence-corrected chi connectivity index (χ3v) is 7.25. The van der Waals surface area contributed by atoms with Crippen LogP contribution in [0.5, 0.6) is 5.75 Å². The second-order valence-electron chi connectivity index (χ2n) is 8.81. The second kappa shape index (κ2) is 11.4. The van der Waals surface area contributed by atoms with Crippen LogP contribution in [0.15, 0.2) is 96.2 Å². The number of hydrogen-bond donors (Lipinski definition) is 1. The van der Waals surface area contributed by atoms with Crippen LogP contribution in [0.25, 0.3) is 16.5 Å². The maximum absolute atomic E-state index is 13.3. The fourth-order valence-corrected chi connectivity index (χ4v) is 5.20. The molecule has 1 unspecified atom stereocenters. The van der Waals surface area contributed by atoms with Crippen LogP contribution in [-0.2, 0) is 5.75 Å². The zero-order valence-electron chi connectivity index (χ0n) is 21.3. The Balaban J connectivity index is 1.46. The van der Waals surface area contributed by atoms with Crippen LogP contribution in [-0.4, -0.2) is 32.7 Å². The van der Waals surface area contributed by atoms with E-state index in [9.17, 15) is 14.9 Å². The quantitative estimate of drug-likeness (QED) is 0.136. The van der Waals surface area contributed by atoms with Crippen LogP contribution < -0.4 is 10.1 Å². The molecule has 1 atom stereocenters. The number of hydrogen-bond acceptors (Lipinski definition) is 7. The van der Waals surface area contributed by atoms with Gasteiger partial charge in [0, 0.05) is 29.1 Å². The minimum Gasteiger partial charge on any atom is -0.497 e. The van der Waals surface area contributed by atoms with Gasteiger partial charge in [0.1, 0.15) is 5.75 Å². The third-order valence-electron chi connectivity index (χ3n) is 6.25. The Labute approximate surface area is 229 Å². The van der Waals surface area contributed by atoms with Crippen molar-refractivity contribution in [2.75, 3.05) is 7.11 Å². The normalized spacial score (nSPS) is 11.7. The van der Waals surface area contributed by atoms with Crippen molar-refractivity contribution in [1.29, 1.82) is 0 Å². The highest BCUT2D eigenvalue weighted by Gasteiger charge is 2.23. The van der Waals surface area contributed by atoms with E-state index in [0.29, 0.717) is 28.0 Å². The molecular formula is C29H25N5O4S. The molecule has 0 aliphatic heterocycles. The number of carbonyl (C=O) groups is 1. The number of nitrogens with zero attached hydrogens (tertiary/aromatic N) is 4. The number of ether oxygens (including phenoxy) is 1. The molecule has 10 heteroatoms. The van der Waals surface area contributed by atoms with Crippen molar-refractivity contribution < 1.29 is 14.5 Å². The van der Waals surface area contributed by atoms with Gasteiger partial charge in [-0.05, 0) is 53.6 Å². The largest absolute Gasteiger partial charge is 0.497 e. The van der Waals surface area contributed by atoms with E-state index in [4.69, 9.17) is 4.74 Å². The van der Waals surface area contributed by atoms with Gasteiger partial charge >= 0.3 is 0 Å². The number of nitro benzene ring substituents is 1. The van der Waals surface area contributed by atoms with Gasteiger partial charge < -0.3 is 10.1 Å². The summed E-state index contributed by atoms with van der Waals surface area (Å²) < 4.78 is 7.15. The minimum absolute atomic E-state index is 0.0173. The summed E-state index contributed by atoms with van der Waals surface area (Å²) in [4.78, 5) is 24.1. The van der Waals surface area contributed by atoms with E-state index in [1.165, 1.54) is 23.9 Å². The van der Waals surface area contributed by atoms with E-state index in [1.54, 1.807) is 25.3 Å². The van der Waals surface area contributed by atoms with Crippen molar-refractivity contribution >= 4 is 34.1 Å². The van der Waals surface area contributed by atoms with Crippen LogP contribution >= 0.6 is 11.8 Å². The summed E-state index contributed by atoms with van der Waals surface area (Å²) in [6, 6.07) is 26.8. The predicted molar refractivity (Wildman–Crippen MR) is 150 cm³/mol. The highest BCUT2D eigenvalue weighted by atomic mass is 32.2. The minimum atomic E-state index is -0.509. The molecule has 9 nitrogen and oxygen atoms in total. The molecule has 0 fully saturated rings. The Bertz CT molecular complexity index is 1650. The van der Waals surface area contributed by atoms with Crippen molar-refractivity contribution in [3.8, 4) is 11.4 Å². The van der Waals surface area contributed by atoms with Gasteiger partial charge in [0.2, 0.25) is 0 Å². The van der Waals surface area contributed by atoms with E-state index in [2.05, 4.69) is 15.5 Å². The summed E-state index contributed by atoms with van der Waals surface area (Å²) in [7, 11) is 1.62. The Kier molecular flexibility index (Phi) is 7.55. The molecule has 39 heavy (non-hydrogen) atoms. The first kappa shape index (κ1) is 25.9. The van der Waals surface area contributed by atoms with Crippen LogP contribution in [0, 0.1) is 10.1 Å². The maximum Gasteiger partial charge on any atom is 0.269 e. The fraction of sp³-hybridized carbons (Fsp3) is 0.138. The molecule has 1 amide bonds. The third kappa shape index (κ3) is 5.60. The summed E-state index contributed by atoms with van der Waals surface area (Å²) in [5.74, 6) is 1.63. The van der Waals surface area contributed by atoms with Gasteiger partial charge in [0.05, 0.1) is 18.1 Å². The van der Waals surface area contributed by atoms with Crippen LogP contribution in [0.4, 0.5) is 5.69 Å². The van der Waals surface area contributed by atoms with Gasteiger partial charge in [-0.25, -0.2) is 0 Å². The smallest absolute Gasteiger partial charge is 0.269 e. The molecule has 5 aromatic rings. The molecule has 5 rings (SSSR count). The van der Waals surface area contributed by atoms with Gasteiger partial charge in [0.25, 0.3) is 11.6 Å². The number of carbonyl (C=O) groups excluding carboxylic acids is 1. The highest BCUT2D eigenvalue weighted by Crippen LogP contribution is 2.29. The summed E-state index contributed by atoms with van der Waals surface area (Å²) in [6.07, 6.45) is 0. The second-order valence-corrected chi connectivity index (χ2v) is 9.75. The number of nitro groups is 1. The number of aromatic nitrogens is 3. The summed E-state index contributed by atoms with van der Waals surface area (Å²) in [6.45, 7) is 1.84. The van der Waals surface area contributed by atoms with Gasteiger partial charge in [-0.3, -0.25) is 19.5 Å². The number of amides is 1. The highest BCUT2D eigenvalue weighted by molar-refractivity contribution is 7.98. The Morgan fingerprint density at radius 1 is 1.03 bits per heavy atom. The molecule has 1 N–H and O–H groups in total. The molecule has 0 aliphatic rings. The molecule has 1 heterocycles. The molecule has 196 valence electrons. The standard InChI is InChI=1S/C29H25N5O4S/c1-19(30-28(35)26-12-6-9-21-8-3-4-11-25(21)26)27-31-32-29(39-18-20-7-5-10-24(17-20)38-2)33(27)22-13-15-23(16-14-22)34(36)37/h3-17,19H,18H2,1-2H3,(H,30,35). The van der Waals surface area contributed by atoms with Gasteiger partial charge in [-0.15, -0.1) is 10.2 Å². The maximum atomic E-state index is 13.3. The van der Waals surface area contributed by atoms with Crippen LogP contribution in [0.2, 0.25) is 0 Å². The summed E-state index contributed by atoms with van der Waals surface area (Å²) in [5.41, 5.74) is 2.24. The Morgan fingerprint density at radius 3 is 2.54 bits per heavy atom. The average molecular weight is 540 g/mol. The first-order valence-corrected chi connectivity index (χ1v) is 13.2. The molecule has 1 aromatic heterocycles. The number of fused-ring (bicyclic) bond motifs is 1. The number of benzene rings is 4. The van der Waals surface area contributed by atoms with E-state index < -0.39 is 11.0 Å². The first-order valence-electron chi connectivity index (χ1n) is 12.2. The van der Waals surface area contributed by atoms with Gasteiger partial charge in [0.15, 0.2) is 11.0 Å². The zero-order chi connectivity index (χ0) is 27.4. The lowest BCUT2D eigenvalue weighted by Crippen LogP contribution is -2.28. The average Bonchev–Trinajstić information content (AvgIpc) is 3.40. The van der Waals surface area contributed by atoms with Crippen molar-refractivity contribution in [3.63, 3.8) is 0 Å². The molecule has 0 aliphatic carbocycles. The number of rotatable bonds is 9. The first-order chi connectivity index (χ1) is 18.9. The lowest BCUT2D eigenvalue weighted by Gasteiger charge is -2.17. The summed E-state index contributed by atoms with van der Waals surface area (Å²) >= 11 is 1.47. The predicted octanol–water partition coefficient (Wildman–Crippen LogP) is 6.12. The Morgan fingerprint density at radius 2 is 1.77 bits per heavy atom. The van der Waals surface area contributed by atoms with Crippen molar-refractivity contribution in [2.45, 2.75) is 23.9 Å². The van der Waals surface area contributed by atoms with Crippen molar-refractivity contribution in [2.24, 2.45) is 0 Å². The summed E-state index contributed by atoms with van der Waals surface area (Å²) in [5, 5.41) is 25.5. The van der Waals surface area contributed by atoms with Crippen molar-refractivity contribution in [1.82, 2.24) is 20.1 Å². The molecule has 4 aromatic carbocycles. The topological polar surface area (TPSA) is 112 Å². The number of thioether (sulfide) groups is 1. The lowest BCUT2D eigenvalue weighted by atomic mass is 10.0. The lowest BCUT2D eigenvalue weighted by molar-refractivity contribution is -0.384. The van der Waals surface area contributed by atoms with Crippen molar-refractivity contribution in [3.05, 3.63) is 118 Å². The Hall–Kier alpha value is -4.70. The SMILES string of the molecule is COc1cccc(CSc2nnc(C(C)NC(=O)c3cccc4ccccc34)n2-c2ccc([N+](=O)[O-])cc2)c1. The van der Waals surface area contributed by atoms with E-state index in [1.807, 2.05) is 72.2 Å². The molecule has 0 saturated carbocycles. The van der Waals surface area contributed by atoms with Crippen LogP contribution in [0.3, 0.4) is 0 Å². The zero-order valence-corrected chi connectivity index (χ0v) is 22.1. The molecular weight excluding hydrogens is 514 g/mol. The van der Waals surface area contributed by atoms with E-state index in [0.717, 1.165) is 22.1 Å². The molecule has 0 spiro atoms. The van der Waals surface area contributed by atoms with Gasteiger partial charge in [-0.2, -0.15) is 0 Å². The molecule has 0 bridgehead atoms. The number of methoxy groups -OCH3 is 1. The molecule has 0 radical (unpaired) electrons. The van der Waals surface area contributed by atoms with E-state index in [-0.39, 0.29) is 11.6 Å². The monoisotopic (exact) mass is 539 g/mol. The fourth-order valence-electron chi connectivity index (χ4n) is 4.29.